The third kappa shape index (κ3) is 3.57. The molecule has 0 aliphatic heterocycles. The summed E-state index contributed by atoms with van der Waals surface area (Å²) in [6, 6.07) is 0. The summed E-state index contributed by atoms with van der Waals surface area (Å²) < 4.78 is 0.702. The van der Waals surface area contributed by atoms with Gasteiger partial charge in [0.25, 0.3) is 0 Å². The highest BCUT2D eigenvalue weighted by Gasteiger charge is 2.31. The third-order valence-corrected chi connectivity index (χ3v) is 4.95. The highest BCUT2D eigenvalue weighted by molar-refractivity contribution is 8.01. The van der Waals surface area contributed by atoms with Crippen molar-refractivity contribution in [2.75, 3.05) is 17.6 Å². The van der Waals surface area contributed by atoms with Gasteiger partial charge in [0.2, 0.25) is 5.13 Å². The van der Waals surface area contributed by atoms with Crippen LogP contribution in [0.4, 0.5) is 5.13 Å². The summed E-state index contributed by atoms with van der Waals surface area (Å²) in [4.78, 5) is 10.4. The van der Waals surface area contributed by atoms with Gasteiger partial charge in [-0.15, -0.1) is 10.2 Å². The summed E-state index contributed by atoms with van der Waals surface area (Å²) in [5.41, 5.74) is 0.403. The fourth-order valence-electron chi connectivity index (χ4n) is 1.71. The minimum atomic E-state index is -0.832. The minimum Gasteiger partial charge on any atom is -0.481 e. The number of thioether (sulfide) groups is 1. The average Bonchev–Trinajstić information content (AvgIpc) is 2.69. The van der Waals surface area contributed by atoms with E-state index in [0.29, 0.717) is 9.75 Å². The van der Waals surface area contributed by atoms with Crippen molar-refractivity contribution in [1.82, 2.24) is 10.2 Å². The quantitative estimate of drug-likeness (QED) is 0.775. The SMILES string of the molecule is CC1(CNc2nnc(SCC(=O)O)s2)CCC1. The number of nitrogens with one attached hydrogen (secondary N) is 1. The molecule has 17 heavy (non-hydrogen) atoms. The molecule has 0 aromatic carbocycles. The molecule has 0 atom stereocenters. The molecule has 0 spiro atoms. The zero-order valence-electron chi connectivity index (χ0n) is 9.60. The number of hydrogen-bond donors (Lipinski definition) is 2. The van der Waals surface area contributed by atoms with Gasteiger partial charge in [0.1, 0.15) is 0 Å². The Kier molecular flexibility index (Phi) is 3.88. The Balaban J connectivity index is 1.79. The van der Waals surface area contributed by atoms with Crippen LogP contribution >= 0.6 is 23.1 Å². The van der Waals surface area contributed by atoms with Crippen LogP contribution in [0.3, 0.4) is 0 Å². The molecule has 1 heterocycles. The second-order valence-corrected chi connectivity index (χ2v) is 6.77. The molecule has 2 rings (SSSR count). The number of rotatable bonds is 6. The van der Waals surface area contributed by atoms with E-state index in [1.165, 1.54) is 42.4 Å². The van der Waals surface area contributed by atoms with Gasteiger partial charge in [0.05, 0.1) is 5.75 Å². The summed E-state index contributed by atoms with van der Waals surface area (Å²) in [6.45, 7) is 3.19. The van der Waals surface area contributed by atoms with E-state index < -0.39 is 5.97 Å². The van der Waals surface area contributed by atoms with Crippen LogP contribution in [0.5, 0.6) is 0 Å². The van der Waals surface area contributed by atoms with Crippen LogP contribution in [0.2, 0.25) is 0 Å². The first kappa shape index (κ1) is 12.6. The first-order valence-electron chi connectivity index (χ1n) is 5.49. The van der Waals surface area contributed by atoms with Crippen LogP contribution in [0, 0.1) is 5.41 Å². The van der Waals surface area contributed by atoms with Crippen molar-refractivity contribution in [3.8, 4) is 0 Å². The van der Waals surface area contributed by atoms with Gasteiger partial charge in [-0.05, 0) is 18.3 Å². The molecule has 1 aliphatic rings. The highest BCUT2D eigenvalue weighted by Crippen LogP contribution is 2.40. The first-order valence-corrected chi connectivity index (χ1v) is 7.30. The van der Waals surface area contributed by atoms with E-state index in [4.69, 9.17) is 5.11 Å². The van der Waals surface area contributed by atoms with Crippen LogP contribution < -0.4 is 5.32 Å². The van der Waals surface area contributed by atoms with Crippen LogP contribution in [-0.2, 0) is 4.79 Å². The van der Waals surface area contributed by atoms with Gasteiger partial charge in [-0.2, -0.15) is 0 Å². The van der Waals surface area contributed by atoms with Crippen molar-refractivity contribution >= 4 is 34.2 Å². The van der Waals surface area contributed by atoms with Crippen LogP contribution in [0.25, 0.3) is 0 Å². The number of aliphatic carboxylic acids is 1. The molecule has 0 amide bonds. The number of anilines is 1. The molecule has 1 fully saturated rings. The zero-order valence-corrected chi connectivity index (χ0v) is 11.2. The molecule has 0 saturated heterocycles. The summed E-state index contributed by atoms with van der Waals surface area (Å²) in [5.74, 6) is -0.798. The molecule has 7 heteroatoms. The van der Waals surface area contributed by atoms with Gasteiger partial charge in [-0.3, -0.25) is 4.79 Å². The minimum absolute atomic E-state index is 0.0341. The fraction of sp³-hybridized carbons (Fsp3) is 0.700. The van der Waals surface area contributed by atoms with Gasteiger partial charge < -0.3 is 10.4 Å². The van der Waals surface area contributed by atoms with Gasteiger partial charge in [0, 0.05) is 6.54 Å². The Labute approximate surface area is 108 Å². The number of hydrogen-bond acceptors (Lipinski definition) is 6. The van der Waals surface area contributed by atoms with Crippen LogP contribution in [0.15, 0.2) is 4.34 Å². The number of carboxylic acids is 1. The van der Waals surface area contributed by atoms with E-state index >= 15 is 0 Å². The molecule has 5 nitrogen and oxygen atoms in total. The maximum Gasteiger partial charge on any atom is 0.313 e. The lowest BCUT2D eigenvalue weighted by molar-refractivity contribution is -0.133. The number of nitrogens with zero attached hydrogens (tertiary/aromatic N) is 2. The molecule has 2 N–H and O–H groups in total. The number of aromatic nitrogens is 2. The summed E-state index contributed by atoms with van der Waals surface area (Å²) >= 11 is 2.62. The number of carbonyl (C=O) groups is 1. The predicted molar refractivity (Wildman–Crippen MR) is 68.7 cm³/mol. The summed E-state index contributed by atoms with van der Waals surface area (Å²) in [6.07, 6.45) is 3.84. The molecular formula is C10H15N3O2S2. The average molecular weight is 273 g/mol. The first-order chi connectivity index (χ1) is 8.07. The van der Waals surface area contributed by atoms with Gasteiger partial charge in [0.15, 0.2) is 4.34 Å². The lowest BCUT2D eigenvalue weighted by atomic mass is 9.70. The zero-order chi connectivity index (χ0) is 12.3. The van der Waals surface area contributed by atoms with E-state index in [0.717, 1.165) is 11.7 Å². The molecule has 1 aromatic rings. The number of carboxylic acid groups (broad SMARTS) is 1. The topological polar surface area (TPSA) is 75.1 Å². The second-order valence-electron chi connectivity index (χ2n) is 4.57. The maximum atomic E-state index is 10.4. The molecule has 0 radical (unpaired) electrons. The molecule has 0 bridgehead atoms. The van der Waals surface area contributed by atoms with E-state index in [2.05, 4.69) is 22.4 Å². The predicted octanol–water partition coefficient (Wildman–Crippen LogP) is 2.32. The van der Waals surface area contributed by atoms with Crippen LogP contribution in [0.1, 0.15) is 26.2 Å². The van der Waals surface area contributed by atoms with E-state index in [-0.39, 0.29) is 5.75 Å². The van der Waals surface area contributed by atoms with Gasteiger partial charge in [-0.1, -0.05) is 36.4 Å². The van der Waals surface area contributed by atoms with Gasteiger partial charge in [-0.25, -0.2) is 0 Å². The van der Waals surface area contributed by atoms with Crippen molar-refractivity contribution in [2.24, 2.45) is 5.41 Å². The van der Waals surface area contributed by atoms with Crippen molar-refractivity contribution in [2.45, 2.75) is 30.5 Å². The molecular weight excluding hydrogens is 258 g/mol. The third-order valence-electron chi connectivity index (χ3n) is 2.95. The Morgan fingerprint density at radius 2 is 2.35 bits per heavy atom. The van der Waals surface area contributed by atoms with E-state index in [1.54, 1.807) is 0 Å². The Hall–Kier alpha value is -0.820. The van der Waals surface area contributed by atoms with Crippen molar-refractivity contribution in [1.29, 1.82) is 0 Å². The lowest BCUT2D eigenvalue weighted by Gasteiger charge is -2.38. The molecule has 1 aliphatic carbocycles. The molecule has 1 saturated carbocycles. The molecule has 0 unspecified atom stereocenters. The molecule has 1 aromatic heterocycles. The summed E-state index contributed by atoms with van der Waals surface area (Å²) in [7, 11) is 0. The lowest BCUT2D eigenvalue weighted by Crippen LogP contribution is -2.33. The fourth-order valence-corrected chi connectivity index (χ4v) is 3.18. The normalized spacial score (nSPS) is 17.5. The smallest absolute Gasteiger partial charge is 0.313 e. The Morgan fingerprint density at radius 1 is 1.59 bits per heavy atom. The van der Waals surface area contributed by atoms with Gasteiger partial charge >= 0.3 is 5.97 Å². The van der Waals surface area contributed by atoms with Crippen molar-refractivity contribution < 1.29 is 9.90 Å². The van der Waals surface area contributed by atoms with E-state index in [9.17, 15) is 4.79 Å². The maximum absolute atomic E-state index is 10.4. The largest absolute Gasteiger partial charge is 0.481 e. The van der Waals surface area contributed by atoms with Crippen molar-refractivity contribution in [3.05, 3.63) is 0 Å². The van der Waals surface area contributed by atoms with E-state index in [1.807, 2.05) is 0 Å². The monoisotopic (exact) mass is 273 g/mol. The summed E-state index contributed by atoms with van der Waals surface area (Å²) in [5, 5.41) is 20.6. The second kappa shape index (κ2) is 5.22. The van der Waals surface area contributed by atoms with Crippen LogP contribution in [-0.4, -0.2) is 33.6 Å². The standard InChI is InChI=1S/C10H15N3O2S2/c1-10(3-2-4-10)6-11-8-12-13-9(17-8)16-5-7(14)15/h2-6H2,1H3,(H,11,12)(H,14,15). The Morgan fingerprint density at radius 3 is 2.94 bits per heavy atom. The Bertz CT molecular complexity index is 404. The molecule has 94 valence electrons. The van der Waals surface area contributed by atoms with Crippen molar-refractivity contribution in [3.63, 3.8) is 0 Å². The highest BCUT2D eigenvalue weighted by atomic mass is 32.2.